The molecule has 0 atom stereocenters. The largest absolute Gasteiger partial charge is 0.304 e. The molecule has 0 fully saturated rings. The monoisotopic (exact) mass is 312 g/mol. The minimum absolute atomic E-state index is 0.323. The van der Waals surface area contributed by atoms with Crippen LogP contribution in [0.25, 0.3) is 5.65 Å². The fourth-order valence-electron chi connectivity index (χ4n) is 2.27. The third-order valence-electron chi connectivity index (χ3n) is 3.29. The van der Waals surface area contributed by atoms with Crippen LogP contribution in [0.4, 0.5) is 4.39 Å². The van der Waals surface area contributed by atoms with Crippen molar-refractivity contribution >= 4 is 17.1 Å². The molecule has 0 saturated carbocycles. The average molecular weight is 312 g/mol. The van der Waals surface area contributed by atoms with Crippen LogP contribution in [0.1, 0.15) is 39.0 Å². The highest BCUT2D eigenvalue weighted by Crippen LogP contribution is 2.15. The van der Waals surface area contributed by atoms with E-state index in [2.05, 4.69) is 21.5 Å². The molecule has 0 radical (unpaired) electrons. The first kappa shape index (κ1) is 16.8. The average Bonchev–Trinajstić information content (AvgIpc) is 2.85. The van der Waals surface area contributed by atoms with Gasteiger partial charge in [-0.3, -0.25) is 9.98 Å². The van der Waals surface area contributed by atoms with E-state index in [0.29, 0.717) is 22.6 Å². The summed E-state index contributed by atoms with van der Waals surface area (Å²) in [5.74, 6) is -0.363. The molecule has 0 aliphatic heterocycles. The molecule has 2 heterocycles. The van der Waals surface area contributed by atoms with Gasteiger partial charge < -0.3 is 4.40 Å². The molecule has 0 bridgehead atoms. The van der Waals surface area contributed by atoms with Crippen LogP contribution >= 0.6 is 0 Å². The van der Waals surface area contributed by atoms with Gasteiger partial charge in [-0.05, 0) is 46.8 Å². The summed E-state index contributed by atoms with van der Waals surface area (Å²) in [6, 6.07) is 1.45. The van der Waals surface area contributed by atoms with Crippen molar-refractivity contribution < 1.29 is 4.39 Å². The highest BCUT2D eigenvalue weighted by molar-refractivity contribution is 5.99. The van der Waals surface area contributed by atoms with Crippen molar-refractivity contribution in [1.82, 2.24) is 9.38 Å². The van der Waals surface area contributed by atoms with Gasteiger partial charge in [0.05, 0.1) is 17.1 Å². The number of aryl methyl sites for hydroxylation is 1. The van der Waals surface area contributed by atoms with E-state index in [4.69, 9.17) is 0 Å². The van der Waals surface area contributed by atoms with E-state index in [1.54, 1.807) is 16.7 Å². The fourth-order valence-corrected chi connectivity index (χ4v) is 2.27. The summed E-state index contributed by atoms with van der Waals surface area (Å²) >= 11 is 0. The number of nitrogens with zero attached hydrogens (tertiary/aromatic N) is 4. The van der Waals surface area contributed by atoms with Crippen LogP contribution in [0, 0.1) is 12.7 Å². The van der Waals surface area contributed by atoms with Crippen molar-refractivity contribution in [2.75, 3.05) is 0 Å². The van der Waals surface area contributed by atoms with Crippen LogP contribution in [0.15, 0.2) is 52.5 Å². The maximum absolute atomic E-state index is 14.2. The summed E-state index contributed by atoms with van der Waals surface area (Å²) in [6.45, 7) is 13.1. The van der Waals surface area contributed by atoms with Crippen molar-refractivity contribution in [3.63, 3.8) is 0 Å². The summed E-state index contributed by atoms with van der Waals surface area (Å²) in [5.41, 5.74) is 4.88. The van der Waals surface area contributed by atoms with Gasteiger partial charge in [0.25, 0.3) is 0 Å². The van der Waals surface area contributed by atoms with Gasteiger partial charge >= 0.3 is 0 Å². The summed E-state index contributed by atoms with van der Waals surface area (Å²) in [5, 5.41) is 0. The Labute approximate surface area is 135 Å². The first-order chi connectivity index (χ1) is 10.8. The van der Waals surface area contributed by atoms with Gasteiger partial charge in [0.2, 0.25) is 0 Å². The number of hydrogen-bond donors (Lipinski definition) is 0. The molecule has 0 saturated heterocycles. The molecular weight excluding hydrogens is 291 g/mol. The van der Waals surface area contributed by atoms with Gasteiger partial charge in [0.15, 0.2) is 11.5 Å². The van der Waals surface area contributed by atoms with Crippen LogP contribution in [-0.4, -0.2) is 20.8 Å². The van der Waals surface area contributed by atoms with E-state index >= 15 is 0 Å². The van der Waals surface area contributed by atoms with Crippen molar-refractivity contribution in [3.05, 3.63) is 59.6 Å². The standard InChI is InChI=1S/C18H21FN4/c1-7-17(20-11(2)3)14(6)22-13(5)15-8-16(19)18-21-12(4)9-23(18)10-15/h7-10H,1H2,2-6H3/b17-14+,22-13?. The van der Waals surface area contributed by atoms with E-state index in [0.717, 1.165) is 17.1 Å². The molecule has 0 N–H and O–H groups in total. The van der Waals surface area contributed by atoms with Crippen LogP contribution < -0.4 is 0 Å². The smallest absolute Gasteiger partial charge is 0.173 e. The summed E-state index contributed by atoms with van der Waals surface area (Å²) in [6.07, 6.45) is 5.28. The van der Waals surface area contributed by atoms with Crippen LogP contribution in [0.3, 0.4) is 0 Å². The molecule has 120 valence electrons. The van der Waals surface area contributed by atoms with E-state index < -0.39 is 0 Å². The Morgan fingerprint density at radius 1 is 1.22 bits per heavy atom. The second-order valence-corrected chi connectivity index (χ2v) is 5.62. The number of allylic oxidation sites excluding steroid dienone is 2. The zero-order chi connectivity index (χ0) is 17.1. The number of halogens is 1. The molecule has 4 nitrogen and oxygen atoms in total. The lowest BCUT2D eigenvalue weighted by Gasteiger charge is -2.05. The quantitative estimate of drug-likeness (QED) is 0.606. The predicted molar refractivity (Wildman–Crippen MR) is 93.8 cm³/mol. The number of aromatic nitrogens is 2. The number of hydrogen-bond acceptors (Lipinski definition) is 3. The molecule has 0 spiro atoms. The van der Waals surface area contributed by atoms with Crippen LogP contribution in [-0.2, 0) is 0 Å². The molecule has 0 amide bonds. The number of rotatable bonds is 4. The Kier molecular flexibility index (Phi) is 4.89. The van der Waals surface area contributed by atoms with Gasteiger partial charge in [-0.25, -0.2) is 9.37 Å². The summed E-state index contributed by atoms with van der Waals surface area (Å²) in [7, 11) is 0. The lowest BCUT2D eigenvalue weighted by molar-refractivity contribution is 0.629. The van der Waals surface area contributed by atoms with Gasteiger partial charge in [-0.1, -0.05) is 6.58 Å². The normalized spacial score (nSPS) is 13.0. The third-order valence-corrected chi connectivity index (χ3v) is 3.29. The minimum Gasteiger partial charge on any atom is -0.304 e. The molecular formula is C18H21FN4. The van der Waals surface area contributed by atoms with Gasteiger partial charge in [-0.15, -0.1) is 0 Å². The molecule has 2 aromatic heterocycles. The van der Waals surface area contributed by atoms with Crippen molar-refractivity contribution in [1.29, 1.82) is 0 Å². The predicted octanol–water partition coefficient (Wildman–Crippen LogP) is 4.49. The third kappa shape index (κ3) is 3.80. The topological polar surface area (TPSA) is 42.0 Å². The Morgan fingerprint density at radius 2 is 1.91 bits per heavy atom. The Hall–Kier alpha value is -2.56. The second-order valence-electron chi connectivity index (χ2n) is 5.62. The van der Waals surface area contributed by atoms with Crippen LogP contribution in [0.2, 0.25) is 0 Å². The number of imidazole rings is 1. The number of pyridine rings is 1. The highest BCUT2D eigenvalue weighted by Gasteiger charge is 2.09. The van der Waals surface area contributed by atoms with E-state index in [1.807, 2.05) is 40.8 Å². The lowest BCUT2D eigenvalue weighted by atomic mass is 10.2. The maximum Gasteiger partial charge on any atom is 0.173 e. The first-order valence-electron chi connectivity index (χ1n) is 7.37. The minimum atomic E-state index is -0.363. The van der Waals surface area contributed by atoms with E-state index in [1.165, 1.54) is 6.07 Å². The zero-order valence-electron chi connectivity index (χ0n) is 14.2. The Balaban J connectivity index is 2.50. The van der Waals surface area contributed by atoms with E-state index in [9.17, 15) is 4.39 Å². The molecule has 5 heteroatoms. The van der Waals surface area contributed by atoms with Crippen molar-refractivity contribution in [2.24, 2.45) is 9.98 Å². The summed E-state index contributed by atoms with van der Waals surface area (Å²) < 4.78 is 15.8. The highest BCUT2D eigenvalue weighted by atomic mass is 19.1. The summed E-state index contributed by atoms with van der Waals surface area (Å²) in [4.78, 5) is 13.1. The molecule has 2 rings (SSSR count). The SMILES string of the molecule is C=C/C(N=C(C)C)=C(/C)N=C(C)c1cc(F)c2nc(C)cn2c1. The second kappa shape index (κ2) is 6.69. The molecule has 0 aromatic carbocycles. The van der Waals surface area contributed by atoms with Crippen molar-refractivity contribution in [2.45, 2.75) is 34.6 Å². The Bertz CT molecular complexity index is 849. The molecule has 2 aromatic rings. The maximum atomic E-state index is 14.2. The van der Waals surface area contributed by atoms with Gasteiger partial charge in [0.1, 0.15) is 0 Å². The van der Waals surface area contributed by atoms with Gasteiger partial charge in [-0.2, -0.15) is 0 Å². The van der Waals surface area contributed by atoms with Crippen LogP contribution in [0.5, 0.6) is 0 Å². The molecule has 0 aliphatic rings. The fraction of sp³-hybridized carbons (Fsp3) is 0.278. The molecule has 23 heavy (non-hydrogen) atoms. The number of fused-ring (bicyclic) bond motifs is 1. The molecule has 0 aliphatic carbocycles. The Morgan fingerprint density at radius 3 is 2.52 bits per heavy atom. The first-order valence-corrected chi connectivity index (χ1v) is 7.37. The zero-order valence-corrected chi connectivity index (χ0v) is 14.2. The lowest BCUT2D eigenvalue weighted by Crippen LogP contribution is -2.00. The molecule has 0 unspecified atom stereocenters. The number of aliphatic imine (C=N–C) groups is 2. The van der Waals surface area contributed by atoms with Gasteiger partial charge in [0, 0.05) is 29.4 Å². The van der Waals surface area contributed by atoms with Crippen molar-refractivity contribution in [3.8, 4) is 0 Å². The van der Waals surface area contributed by atoms with E-state index in [-0.39, 0.29) is 5.82 Å².